The van der Waals surface area contributed by atoms with Gasteiger partial charge in [-0.2, -0.15) is 0 Å². The van der Waals surface area contributed by atoms with E-state index < -0.39 is 0 Å². The summed E-state index contributed by atoms with van der Waals surface area (Å²) in [7, 11) is 0. The maximum atomic E-state index is 5.30. The minimum Gasteiger partial charge on any atom is -0.146 e. The molecule has 0 N–H and O–H groups in total. The van der Waals surface area contributed by atoms with Gasteiger partial charge in [0, 0.05) is 0 Å². The Hall–Kier alpha value is -0.160. The Morgan fingerprint density at radius 3 is 2.57 bits per heavy atom. The molecule has 6 heteroatoms. The number of halogens is 2. The summed E-state index contributed by atoms with van der Waals surface area (Å²) >= 11 is 8.22. The first-order chi connectivity index (χ1) is 3.30. The highest BCUT2D eigenvalue weighted by atomic mass is 79.9. The molecule has 0 aliphatic rings. The van der Waals surface area contributed by atoms with Gasteiger partial charge in [-0.15, -0.1) is 3.71 Å². The SMILES string of the molecule is Clc1nnnn1Br. The smallest absolute Gasteiger partial charge is 0.146 e. The zero-order valence-corrected chi connectivity index (χ0v) is 5.39. The predicted molar refractivity (Wildman–Crippen MR) is 27.2 cm³/mol. The van der Waals surface area contributed by atoms with E-state index in [1.165, 1.54) is 3.71 Å². The van der Waals surface area contributed by atoms with Crippen molar-refractivity contribution >= 4 is 27.7 Å². The molecule has 1 aromatic heterocycles. The minimum absolute atomic E-state index is 0.222. The van der Waals surface area contributed by atoms with E-state index in [0.29, 0.717) is 0 Å². The third-order valence-corrected chi connectivity index (χ3v) is 1.32. The lowest BCUT2D eigenvalue weighted by Gasteiger charge is -1.75. The van der Waals surface area contributed by atoms with Gasteiger partial charge in [0.15, 0.2) is 0 Å². The van der Waals surface area contributed by atoms with E-state index >= 15 is 0 Å². The second-order valence-corrected chi connectivity index (χ2v) is 1.82. The van der Waals surface area contributed by atoms with Crippen LogP contribution in [0.15, 0.2) is 0 Å². The topological polar surface area (TPSA) is 43.6 Å². The summed E-state index contributed by atoms with van der Waals surface area (Å²) in [6.07, 6.45) is 0. The zero-order valence-electron chi connectivity index (χ0n) is 3.04. The van der Waals surface area contributed by atoms with Crippen LogP contribution in [0.25, 0.3) is 0 Å². The van der Waals surface area contributed by atoms with Crippen molar-refractivity contribution in [3.63, 3.8) is 0 Å². The molecule has 0 aliphatic carbocycles. The molecule has 4 nitrogen and oxygen atoms in total. The summed E-state index contributed by atoms with van der Waals surface area (Å²) in [6.45, 7) is 0. The van der Waals surface area contributed by atoms with Crippen molar-refractivity contribution in [2.45, 2.75) is 0 Å². The molecule has 1 aromatic rings. The van der Waals surface area contributed by atoms with E-state index in [1.807, 2.05) is 0 Å². The van der Waals surface area contributed by atoms with Crippen molar-refractivity contribution in [1.29, 1.82) is 0 Å². The standard InChI is InChI=1S/CBrClN4/c2-7-1(3)4-5-6-7. The number of tetrazole rings is 1. The number of hydrogen-bond acceptors (Lipinski definition) is 3. The molecule has 0 bridgehead atoms. The second kappa shape index (κ2) is 1.75. The van der Waals surface area contributed by atoms with Crippen molar-refractivity contribution in [1.82, 2.24) is 19.2 Å². The summed E-state index contributed by atoms with van der Waals surface area (Å²) in [5, 5.41) is 10.1. The third kappa shape index (κ3) is 0.889. The minimum atomic E-state index is 0.222. The van der Waals surface area contributed by atoms with E-state index in [9.17, 15) is 0 Å². The molecule has 0 aliphatic heterocycles. The molecule has 0 radical (unpaired) electrons. The van der Waals surface area contributed by atoms with Gasteiger partial charge in [0.05, 0.1) is 16.1 Å². The molecular formula is CBrClN4. The van der Waals surface area contributed by atoms with Gasteiger partial charge < -0.3 is 0 Å². The van der Waals surface area contributed by atoms with E-state index in [4.69, 9.17) is 11.6 Å². The maximum Gasteiger partial charge on any atom is 0.253 e. The fraction of sp³-hybridized carbons (Fsp3) is 0. The van der Waals surface area contributed by atoms with Gasteiger partial charge in [-0.05, 0) is 22.0 Å². The maximum absolute atomic E-state index is 5.30. The van der Waals surface area contributed by atoms with Crippen LogP contribution in [0.3, 0.4) is 0 Å². The van der Waals surface area contributed by atoms with E-state index in [1.54, 1.807) is 0 Å². The first kappa shape index (κ1) is 4.99. The fourth-order valence-corrected chi connectivity index (χ4v) is 0.368. The Morgan fingerprint density at radius 1 is 1.71 bits per heavy atom. The van der Waals surface area contributed by atoms with E-state index in [0.717, 1.165) is 0 Å². The summed E-state index contributed by atoms with van der Waals surface area (Å²) < 4.78 is 1.19. The number of nitrogens with zero attached hydrogens (tertiary/aromatic N) is 4. The van der Waals surface area contributed by atoms with Gasteiger partial charge in [0.1, 0.15) is 0 Å². The molecule has 0 unspecified atom stereocenters. The Morgan fingerprint density at radius 2 is 2.43 bits per heavy atom. The second-order valence-electron chi connectivity index (χ2n) is 0.808. The average Bonchev–Trinajstić information content (AvgIpc) is 1.91. The Bertz CT molecular complexity index is 144. The van der Waals surface area contributed by atoms with Crippen LogP contribution in [0.4, 0.5) is 0 Å². The lowest BCUT2D eigenvalue weighted by molar-refractivity contribution is 0.861. The van der Waals surface area contributed by atoms with Gasteiger partial charge in [0.2, 0.25) is 0 Å². The molecule has 0 saturated carbocycles. The van der Waals surface area contributed by atoms with Crippen LogP contribution in [-0.2, 0) is 0 Å². The lowest BCUT2D eigenvalue weighted by Crippen LogP contribution is -1.78. The molecule has 1 heterocycles. The molecule has 0 atom stereocenters. The normalized spacial score (nSPS) is 9.43. The van der Waals surface area contributed by atoms with Crippen molar-refractivity contribution in [3.8, 4) is 0 Å². The highest BCUT2D eigenvalue weighted by Gasteiger charge is 1.93. The lowest BCUT2D eigenvalue weighted by atomic mass is 11.4. The average molecular weight is 183 g/mol. The van der Waals surface area contributed by atoms with Crippen molar-refractivity contribution < 1.29 is 0 Å². The van der Waals surface area contributed by atoms with Gasteiger partial charge in [-0.25, -0.2) is 0 Å². The molecule has 0 aromatic carbocycles. The molecular weight excluding hydrogens is 183 g/mol. The number of aromatic nitrogens is 4. The summed E-state index contributed by atoms with van der Waals surface area (Å²) in [6, 6.07) is 0. The van der Waals surface area contributed by atoms with Crippen LogP contribution in [0.1, 0.15) is 0 Å². The van der Waals surface area contributed by atoms with Gasteiger partial charge in [0.25, 0.3) is 5.28 Å². The highest BCUT2D eigenvalue weighted by molar-refractivity contribution is 9.08. The largest absolute Gasteiger partial charge is 0.253 e. The van der Waals surface area contributed by atoms with Crippen molar-refractivity contribution in [3.05, 3.63) is 5.28 Å². The number of rotatable bonds is 0. The van der Waals surface area contributed by atoms with Gasteiger partial charge in [-0.3, -0.25) is 0 Å². The summed E-state index contributed by atoms with van der Waals surface area (Å²) in [4.78, 5) is 0. The first-order valence-electron chi connectivity index (χ1n) is 1.41. The Balaban J connectivity index is 3.12. The third-order valence-electron chi connectivity index (χ3n) is 0.398. The predicted octanol–water partition coefficient (Wildman–Crippen LogP) is 0.484. The van der Waals surface area contributed by atoms with Crippen LogP contribution in [0.2, 0.25) is 5.28 Å². The molecule has 1 rings (SSSR count). The molecule has 7 heavy (non-hydrogen) atoms. The van der Waals surface area contributed by atoms with Crippen LogP contribution in [-0.4, -0.2) is 19.2 Å². The van der Waals surface area contributed by atoms with Crippen molar-refractivity contribution in [2.24, 2.45) is 0 Å². The summed E-state index contributed by atoms with van der Waals surface area (Å²) in [5.74, 6) is 0. The van der Waals surface area contributed by atoms with Crippen LogP contribution < -0.4 is 0 Å². The van der Waals surface area contributed by atoms with Gasteiger partial charge >= 0.3 is 0 Å². The zero-order chi connectivity index (χ0) is 5.28. The first-order valence-corrected chi connectivity index (χ1v) is 2.49. The summed E-state index contributed by atoms with van der Waals surface area (Å²) in [5.41, 5.74) is 0. The van der Waals surface area contributed by atoms with Gasteiger partial charge in [-0.1, -0.05) is 5.10 Å². The van der Waals surface area contributed by atoms with Crippen molar-refractivity contribution in [2.75, 3.05) is 0 Å². The number of hydrogen-bond donors (Lipinski definition) is 0. The molecule has 0 fully saturated rings. The molecule has 0 spiro atoms. The van der Waals surface area contributed by atoms with E-state index in [2.05, 4.69) is 31.7 Å². The van der Waals surface area contributed by atoms with Crippen LogP contribution in [0.5, 0.6) is 0 Å². The Labute approximate surface area is 52.8 Å². The van der Waals surface area contributed by atoms with Crippen LogP contribution in [0, 0.1) is 0 Å². The molecule has 38 valence electrons. The van der Waals surface area contributed by atoms with E-state index in [-0.39, 0.29) is 5.28 Å². The molecule has 0 saturated heterocycles. The monoisotopic (exact) mass is 182 g/mol. The fourth-order valence-electron chi connectivity index (χ4n) is 0.166. The Kier molecular flexibility index (Phi) is 1.25. The highest BCUT2D eigenvalue weighted by Crippen LogP contribution is 2.00. The quantitative estimate of drug-likeness (QED) is 0.588. The molecule has 0 amide bonds. The van der Waals surface area contributed by atoms with Crippen LogP contribution >= 0.6 is 27.7 Å².